The number of carbonyl (C=O) groups is 1. The molecule has 0 bridgehead atoms. The van der Waals surface area contributed by atoms with Crippen LogP contribution in [0.4, 0.5) is 5.69 Å². The summed E-state index contributed by atoms with van der Waals surface area (Å²) in [6.45, 7) is 4.71. The molecule has 0 spiro atoms. The zero-order chi connectivity index (χ0) is 22.1. The standard InChI is InChI=1S/C25H24N6O/c1-17-21(18(2)31-25(27-17)22-9-3-4-10-23(22)29-31)11-12-24(32)28-20-8-5-7-19(15-20)16-30-14-6-13-26-30/h3-10,13-15H,11-12,16H2,1-2H3,(H,28,32). The van der Waals surface area contributed by atoms with E-state index < -0.39 is 0 Å². The number of hydrogen-bond acceptors (Lipinski definition) is 4. The number of anilines is 1. The minimum absolute atomic E-state index is 0.0224. The van der Waals surface area contributed by atoms with E-state index in [0.29, 0.717) is 19.4 Å². The quantitative estimate of drug-likeness (QED) is 0.441. The highest BCUT2D eigenvalue weighted by atomic mass is 16.1. The van der Waals surface area contributed by atoms with Crippen molar-refractivity contribution in [2.45, 2.75) is 33.2 Å². The number of nitrogens with one attached hydrogen (secondary N) is 1. The minimum Gasteiger partial charge on any atom is -0.326 e. The molecule has 7 heteroatoms. The van der Waals surface area contributed by atoms with Crippen molar-refractivity contribution < 1.29 is 4.79 Å². The van der Waals surface area contributed by atoms with Crippen LogP contribution in [0.15, 0.2) is 67.0 Å². The molecule has 5 aromatic rings. The molecule has 0 aliphatic heterocycles. The summed E-state index contributed by atoms with van der Waals surface area (Å²) >= 11 is 0. The first-order valence-electron chi connectivity index (χ1n) is 10.7. The number of aromatic nitrogens is 5. The van der Waals surface area contributed by atoms with Gasteiger partial charge in [-0.25, -0.2) is 9.50 Å². The second kappa shape index (κ2) is 8.26. The maximum absolute atomic E-state index is 12.7. The van der Waals surface area contributed by atoms with Gasteiger partial charge in [0.15, 0.2) is 5.65 Å². The van der Waals surface area contributed by atoms with Gasteiger partial charge in [0.05, 0.1) is 12.1 Å². The summed E-state index contributed by atoms with van der Waals surface area (Å²) < 4.78 is 3.75. The Hall–Kier alpha value is -4.00. The molecule has 0 saturated heterocycles. The van der Waals surface area contributed by atoms with E-state index in [0.717, 1.165) is 44.8 Å². The van der Waals surface area contributed by atoms with Gasteiger partial charge >= 0.3 is 0 Å². The second-order valence-electron chi connectivity index (χ2n) is 7.97. The fourth-order valence-corrected chi connectivity index (χ4v) is 4.13. The van der Waals surface area contributed by atoms with Crippen LogP contribution >= 0.6 is 0 Å². The lowest BCUT2D eigenvalue weighted by molar-refractivity contribution is -0.116. The van der Waals surface area contributed by atoms with Crippen LogP contribution in [0.25, 0.3) is 16.6 Å². The molecule has 3 aromatic heterocycles. The number of aryl methyl sites for hydroxylation is 2. The van der Waals surface area contributed by atoms with E-state index in [2.05, 4.69) is 10.4 Å². The number of amides is 1. The highest BCUT2D eigenvalue weighted by Gasteiger charge is 2.15. The number of rotatable bonds is 6. The van der Waals surface area contributed by atoms with Crippen LogP contribution < -0.4 is 5.32 Å². The molecule has 7 nitrogen and oxygen atoms in total. The third-order valence-corrected chi connectivity index (χ3v) is 5.73. The van der Waals surface area contributed by atoms with E-state index >= 15 is 0 Å². The van der Waals surface area contributed by atoms with Crippen molar-refractivity contribution in [1.29, 1.82) is 0 Å². The molecule has 5 rings (SSSR count). The monoisotopic (exact) mass is 424 g/mol. The Kier molecular flexibility index (Phi) is 5.15. The van der Waals surface area contributed by atoms with Crippen molar-refractivity contribution in [3.8, 4) is 0 Å². The summed E-state index contributed by atoms with van der Waals surface area (Å²) in [5.74, 6) is -0.0224. The van der Waals surface area contributed by atoms with Gasteiger partial charge in [0, 0.05) is 41.3 Å². The van der Waals surface area contributed by atoms with Crippen molar-refractivity contribution >= 4 is 28.1 Å². The Balaban J connectivity index is 1.30. The molecule has 0 saturated carbocycles. The van der Waals surface area contributed by atoms with Crippen LogP contribution in [0.3, 0.4) is 0 Å². The van der Waals surface area contributed by atoms with Crippen molar-refractivity contribution in [3.63, 3.8) is 0 Å². The van der Waals surface area contributed by atoms with Gasteiger partial charge in [-0.1, -0.05) is 24.3 Å². The number of nitrogens with zero attached hydrogens (tertiary/aromatic N) is 5. The fraction of sp³-hybridized carbons (Fsp3) is 0.200. The van der Waals surface area contributed by atoms with Crippen LogP contribution in [0.5, 0.6) is 0 Å². The van der Waals surface area contributed by atoms with E-state index in [1.807, 2.05) is 83.8 Å². The fourth-order valence-electron chi connectivity index (χ4n) is 4.13. The molecule has 0 unspecified atom stereocenters. The van der Waals surface area contributed by atoms with Crippen LogP contribution in [0, 0.1) is 13.8 Å². The zero-order valence-electron chi connectivity index (χ0n) is 18.1. The summed E-state index contributed by atoms with van der Waals surface area (Å²) in [4.78, 5) is 17.5. The van der Waals surface area contributed by atoms with Crippen LogP contribution in [0.2, 0.25) is 0 Å². The highest BCUT2D eigenvalue weighted by Crippen LogP contribution is 2.23. The SMILES string of the molecule is Cc1nc2c3ccccc3nn2c(C)c1CCC(=O)Nc1cccc(Cn2cccn2)c1. The molecule has 0 radical (unpaired) electrons. The Bertz CT molecular complexity index is 1420. The van der Waals surface area contributed by atoms with Gasteiger partial charge in [0.1, 0.15) is 0 Å². The lowest BCUT2D eigenvalue weighted by Gasteiger charge is -2.12. The van der Waals surface area contributed by atoms with E-state index in [9.17, 15) is 4.79 Å². The largest absolute Gasteiger partial charge is 0.326 e. The lowest BCUT2D eigenvalue weighted by atomic mass is 10.1. The molecule has 3 heterocycles. The third-order valence-electron chi connectivity index (χ3n) is 5.73. The molecule has 0 atom stereocenters. The second-order valence-corrected chi connectivity index (χ2v) is 7.97. The lowest BCUT2D eigenvalue weighted by Crippen LogP contribution is -2.14. The summed E-state index contributed by atoms with van der Waals surface area (Å²) in [7, 11) is 0. The summed E-state index contributed by atoms with van der Waals surface area (Å²) in [5.41, 5.74) is 6.68. The Morgan fingerprint density at radius 1 is 1.06 bits per heavy atom. The molecular formula is C25H24N6O. The smallest absolute Gasteiger partial charge is 0.224 e. The van der Waals surface area contributed by atoms with Gasteiger partial charge in [0.2, 0.25) is 5.91 Å². The zero-order valence-corrected chi connectivity index (χ0v) is 18.1. The first-order valence-corrected chi connectivity index (χ1v) is 10.7. The summed E-state index contributed by atoms with van der Waals surface area (Å²) in [6, 6.07) is 17.8. The Morgan fingerprint density at radius 2 is 1.94 bits per heavy atom. The normalized spacial score (nSPS) is 11.3. The van der Waals surface area contributed by atoms with Gasteiger partial charge in [-0.05, 0) is 61.7 Å². The minimum atomic E-state index is -0.0224. The molecule has 1 N–H and O–H groups in total. The van der Waals surface area contributed by atoms with Gasteiger partial charge < -0.3 is 5.32 Å². The van der Waals surface area contributed by atoms with Gasteiger partial charge in [-0.15, -0.1) is 0 Å². The van der Waals surface area contributed by atoms with Gasteiger partial charge in [-0.3, -0.25) is 9.48 Å². The summed E-state index contributed by atoms with van der Waals surface area (Å²) in [6.07, 6.45) is 4.66. The van der Waals surface area contributed by atoms with Crippen LogP contribution in [0.1, 0.15) is 28.9 Å². The first-order chi connectivity index (χ1) is 15.6. The number of fused-ring (bicyclic) bond motifs is 3. The maximum Gasteiger partial charge on any atom is 0.224 e. The predicted octanol–water partition coefficient (Wildman–Crippen LogP) is 4.32. The van der Waals surface area contributed by atoms with E-state index in [1.54, 1.807) is 6.20 Å². The van der Waals surface area contributed by atoms with E-state index in [1.165, 1.54) is 0 Å². The maximum atomic E-state index is 12.7. The molecule has 160 valence electrons. The number of benzene rings is 2. The Labute approximate surface area is 185 Å². The molecule has 0 aliphatic rings. The Morgan fingerprint density at radius 3 is 2.78 bits per heavy atom. The highest BCUT2D eigenvalue weighted by molar-refractivity contribution is 5.92. The average molecular weight is 425 g/mol. The average Bonchev–Trinajstić information content (AvgIpc) is 3.42. The summed E-state index contributed by atoms with van der Waals surface area (Å²) in [5, 5.41) is 13.0. The van der Waals surface area contributed by atoms with Crippen molar-refractivity contribution in [2.75, 3.05) is 5.32 Å². The van der Waals surface area contributed by atoms with Gasteiger partial charge in [0.25, 0.3) is 0 Å². The van der Waals surface area contributed by atoms with Crippen molar-refractivity contribution in [3.05, 3.63) is 89.5 Å². The van der Waals surface area contributed by atoms with Crippen LogP contribution in [-0.2, 0) is 17.8 Å². The molecule has 32 heavy (non-hydrogen) atoms. The van der Waals surface area contributed by atoms with Crippen molar-refractivity contribution in [1.82, 2.24) is 24.4 Å². The topological polar surface area (TPSA) is 77.1 Å². The molecular weight excluding hydrogens is 400 g/mol. The molecule has 0 fully saturated rings. The van der Waals surface area contributed by atoms with E-state index in [4.69, 9.17) is 10.1 Å². The van der Waals surface area contributed by atoms with Crippen molar-refractivity contribution in [2.24, 2.45) is 0 Å². The number of carbonyl (C=O) groups excluding carboxylic acids is 1. The molecule has 1 amide bonds. The molecule has 0 aliphatic carbocycles. The van der Waals surface area contributed by atoms with Gasteiger partial charge in [-0.2, -0.15) is 10.2 Å². The molecule has 2 aromatic carbocycles. The van der Waals surface area contributed by atoms with Crippen LogP contribution in [-0.4, -0.2) is 30.3 Å². The third kappa shape index (κ3) is 3.85. The first kappa shape index (κ1) is 19.9. The predicted molar refractivity (Wildman–Crippen MR) is 125 cm³/mol. The number of hydrogen-bond donors (Lipinski definition) is 1. The van der Waals surface area contributed by atoms with E-state index in [-0.39, 0.29) is 5.91 Å².